The zero-order chi connectivity index (χ0) is 9.84. The highest BCUT2D eigenvalue weighted by atomic mass is 79.9. The van der Waals surface area contributed by atoms with Crippen molar-refractivity contribution in [3.05, 3.63) is 49.0 Å². The molecule has 0 fully saturated rings. The van der Waals surface area contributed by atoms with Crippen LogP contribution in [0.25, 0.3) is 6.08 Å². The first-order valence-electron chi connectivity index (χ1n) is 3.37. The fourth-order valence-electron chi connectivity index (χ4n) is 0.773. The molecular formula is C8H5Br2NO2. The third-order valence-electron chi connectivity index (χ3n) is 1.35. The first-order chi connectivity index (χ1) is 6.11. The fourth-order valence-corrected chi connectivity index (χ4v) is 1.42. The number of hydrogen-bond acceptors (Lipinski definition) is 2. The minimum Gasteiger partial charge on any atom is -0.258 e. The van der Waals surface area contributed by atoms with Crippen molar-refractivity contribution in [3.63, 3.8) is 0 Å². The smallest absolute Gasteiger partial charge is 0.258 e. The number of nitrogens with zero attached hydrogens (tertiary/aromatic N) is 1. The summed E-state index contributed by atoms with van der Waals surface area (Å²) in [7, 11) is 0. The van der Waals surface area contributed by atoms with E-state index in [4.69, 9.17) is 0 Å². The summed E-state index contributed by atoms with van der Waals surface area (Å²) in [5.41, 5.74) is 0.770. The van der Waals surface area contributed by atoms with Crippen molar-refractivity contribution in [3.8, 4) is 0 Å². The Morgan fingerprint density at radius 1 is 1.46 bits per heavy atom. The molecule has 0 aromatic heterocycles. The molecular weight excluding hydrogens is 302 g/mol. The van der Waals surface area contributed by atoms with Crippen LogP contribution in [0.5, 0.6) is 0 Å². The molecule has 1 rings (SSSR count). The molecule has 0 saturated heterocycles. The molecule has 0 heterocycles. The molecule has 0 radical (unpaired) electrons. The van der Waals surface area contributed by atoms with Gasteiger partial charge in [0, 0.05) is 26.5 Å². The molecule has 0 unspecified atom stereocenters. The summed E-state index contributed by atoms with van der Waals surface area (Å²) in [5.74, 6) is 0. The number of hydrogen-bond donors (Lipinski definition) is 0. The van der Waals surface area contributed by atoms with Crippen molar-refractivity contribution >= 4 is 37.9 Å². The molecule has 0 aliphatic carbocycles. The van der Waals surface area contributed by atoms with Gasteiger partial charge < -0.3 is 0 Å². The van der Waals surface area contributed by atoms with Gasteiger partial charge in [-0.25, -0.2) is 0 Å². The van der Waals surface area contributed by atoms with Gasteiger partial charge >= 0.3 is 4.61 Å². The van der Waals surface area contributed by atoms with Crippen LogP contribution in [0.3, 0.4) is 0 Å². The van der Waals surface area contributed by atoms with Gasteiger partial charge in [0.25, 0.3) is 0 Å². The van der Waals surface area contributed by atoms with E-state index in [9.17, 15) is 10.1 Å². The first kappa shape index (κ1) is 10.4. The Bertz CT molecular complexity index is 363. The Labute approximate surface area is 91.9 Å². The van der Waals surface area contributed by atoms with E-state index in [1.807, 2.05) is 18.2 Å². The molecule has 68 valence electrons. The van der Waals surface area contributed by atoms with Crippen LogP contribution < -0.4 is 0 Å². The van der Waals surface area contributed by atoms with Gasteiger partial charge in [-0.3, -0.25) is 10.1 Å². The van der Waals surface area contributed by atoms with E-state index in [-0.39, 0.29) is 4.61 Å². The summed E-state index contributed by atoms with van der Waals surface area (Å²) < 4.78 is 0.771. The molecule has 0 atom stereocenters. The van der Waals surface area contributed by atoms with Gasteiger partial charge in [0.05, 0.1) is 4.92 Å². The highest BCUT2D eigenvalue weighted by Crippen LogP contribution is 2.20. The van der Waals surface area contributed by atoms with Crippen molar-refractivity contribution in [1.29, 1.82) is 0 Å². The summed E-state index contributed by atoms with van der Waals surface area (Å²) in [4.78, 5) is 9.80. The van der Waals surface area contributed by atoms with Crippen LogP contribution in [0.2, 0.25) is 0 Å². The monoisotopic (exact) mass is 305 g/mol. The highest BCUT2D eigenvalue weighted by molar-refractivity contribution is 9.11. The summed E-state index contributed by atoms with van der Waals surface area (Å²) in [6, 6.07) is 7.28. The molecule has 0 spiro atoms. The largest absolute Gasteiger partial charge is 0.311 e. The van der Waals surface area contributed by atoms with Crippen LogP contribution in [0.15, 0.2) is 33.3 Å². The van der Waals surface area contributed by atoms with Crippen LogP contribution in [0.1, 0.15) is 5.56 Å². The van der Waals surface area contributed by atoms with E-state index in [1.165, 1.54) is 6.08 Å². The number of halogens is 2. The highest BCUT2D eigenvalue weighted by Gasteiger charge is 2.05. The van der Waals surface area contributed by atoms with Gasteiger partial charge in [0.15, 0.2) is 0 Å². The quantitative estimate of drug-likeness (QED) is 0.477. The maximum absolute atomic E-state index is 10.3. The summed E-state index contributed by atoms with van der Waals surface area (Å²) in [6.07, 6.45) is 1.45. The van der Waals surface area contributed by atoms with E-state index in [1.54, 1.807) is 6.07 Å². The van der Waals surface area contributed by atoms with Gasteiger partial charge in [0.1, 0.15) is 0 Å². The van der Waals surface area contributed by atoms with Crippen molar-refractivity contribution in [2.75, 3.05) is 0 Å². The molecule has 0 amide bonds. The van der Waals surface area contributed by atoms with Crippen LogP contribution in [-0.2, 0) is 0 Å². The van der Waals surface area contributed by atoms with Crippen molar-refractivity contribution in [1.82, 2.24) is 0 Å². The van der Waals surface area contributed by atoms with E-state index in [0.29, 0.717) is 0 Å². The van der Waals surface area contributed by atoms with Crippen LogP contribution in [-0.4, -0.2) is 4.92 Å². The second-order valence-electron chi connectivity index (χ2n) is 2.25. The Morgan fingerprint density at radius 2 is 2.08 bits per heavy atom. The van der Waals surface area contributed by atoms with Gasteiger partial charge in [-0.1, -0.05) is 34.1 Å². The third kappa shape index (κ3) is 2.93. The SMILES string of the molecule is O=[N+]([O-])/C(Br)=C\c1ccccc1Br. The maximum atomic E-state index is 10.3. The molecule has 0 aliphatic heterocycles. The molecule has 0 N–H and O–H groups in total. The molecule has 0 aliphatic rings. The summed E-state index contributed by atoms with van der Waals surface area (Å²) >= 11 is 6.14. The fraction of sp³-hybridized carbons (Fsp3) is 0. The average Bonchev–Trinajstić information content (AvgIpc) is 2.08. The lowest BCUT2D eigenvalue weighted by Gasteiger charge is -1.95. The molecule has 1 aromatic carbocycles. The van der Waals surface area contributed by atoms with E-state index in [2.05, 4.69) is 31.9 Å². The van der Waals surface area contributed by atoms with Crippen molar-refractivity contribution in [2.45, 2.75) is 0 Å². The molecule has 0 saturated carbocycles. The predicted molar refractivity (Wildman–Crippen MR) is 58.0 cm³/mol. The number of nitro groups is 1. The maximum Gasteiger partial charge on any atom is 0.311 e. The second-order valence-corrected chi connectivity index (χ2v) is 3.91. The standard InChI is InChI=1S/C8H5Br2NO2/c9-7-4-2-1-3-6(7)5-8(10)11(12)13/h1-5H/b8-5-. The molecule has 0 bridgehead atoms. The number of benzene rings is 1. The summed E-state index contributed by atoms with van der Waals surface area (Å²) in [5, 5.41) is 10.3. The van der Waals surface area contributed by atoms with Gasteiger partial charge in [-0.05, 0) is 11.6 Å². The first-order valence-corrected chi connectivity index (χ1v) is 4.96. The zero-order valence-corrected chi connectivity index (χ0v) is 9.58. The van der Waals surface area contributed by atoms with E-state index < -0.39 is 4.92 Å². The minimum atomic E-state index is -0.487. The zero-order valence-electron chi connectivity index (χ0n) is 6.41. The molecule has 1 aromatic rings. The summed E-state index contributed by atoms with van der Waals surface area (Å²) in [6.45, 7) is 0. The van der Waals surface area contributed by atoms with E-state index in [0.717, 1.165) is 10.0 Å². The molecule has 3 nitrogen and oxygen atoms in total. The Hall–Kier alpha value is -0.680. The van der Waals surface area contributed by atoms with Crippen LogP contribution in [0.4, 0.5) is 0 Å². The Balaban J connectivity index is 3.04. The van der Waals surface area contributed by atoms with Crippen molar-refractivity contribution < 1.29 is 4.92 Å². The molecule has 5 heteroatoms. The second kappa shape index (κ2) is 4.53. The molecule has 13 heavy (non-hydrogen) atoms. The lowest BCUT2D eigenvalue weighted by molar-refractivity contribution is -0.407. The van der Waals surface area contributed by atoms with Gasteiger partial charge in [-0.2, -0.15) is 0 Å². The van der Waals surface area contributed by atoms with Gasteiger partial charge in [-0.15, -0.1) is 0 Å². The van der Waals surface area contributed by atoms with Crippen LogP contribution >= 0.6 is 31.9 Å². The predicted octanol–water partition coefficient (Wildman–Crippen LogP) is 3.42. The average molecular weight is 307 g/mol. The number of rotatable bonds is 2. The normalized spacial score (nSPS) is 11.4. The van der Waals surface area contributed by atoms with Gasteiger partial charge in [0.2, 0.25) is 0 Å². The van der Waals surface area contributed by atoms with E-state index >= 15 is 0 Å². The lowest BCUT2D eigenvalue weighted by atomic mass is 10.2. The third-order valence-corrected chi connectivity index (χ3v) is 2.59. The van der Waals surface area contributed by atoms with Crippen LogP contribution in [0, 0.1) is 10.1 Å². The lowest BCUT2D eigenvalue weighted by Crippen LogP contribution is -1.90. The minimum absolute atomic E-state index is 0.0561. The Morgan fingerprint density at radius 3 is 2.62 bits per heavy atom. The topological polar surface area (TPSA) is 43.1 Å². The van der Waals surface area contributed by atoms with Crippen molar-refractivity contribution in [2.24, 2.45) is 0 Å². The Kier molecular flexibility index (Phi) is 3.62.